The molecule has 266 valence electrons. The lowest BCUT2D eigenvalue weighted by molar-refractivity contribution is 0.625. The summed E-state index contributed by atoms with van der Waals surface area (Å²) in [6.45, 7) is 0. The van der Waals surface area contributed by atoms with Crippen molar-refractivity contribution in [2.45, 2.75) is 0 Å². The van der Waals surface area contributed by atoms with E-state index in [-0.39, 0.29) is 0 Å². The third-order valence-electron chi connectivity index (χ3n) is 11.0. The van der Waals surface area contributed by atoms with Gasteiger partial charge in [-0.15, -0.1) is 0 Å². The average Bonchev–Trinajstić information content (AvgIpc) is 3.73. The third kappa shape index (κ3) is 5.83. The highest BCUT2D eigenvalue weighted by Crippen LogP contribution is 2.40. The van der Waals surface area contributed by atoms with E-state index in [0.717, 1.165) is 44.3 Å². The van der Waals surface area contributed by atoms with E-state index in [1.165, 1.54) is 43.4 Å². The first kappa shape index (κ1) is 32.7. The fraction of sp³-hybridized carbons (Fsp3) is 0. The molecule has 9 aromatic carbocycles. The minimum Gasteiger partial charge on any atom is -0.453 e. The van der Waals surface area contributed by atoms with Gasteiger partial charge in [-0.25, -0.2) is 15.0 Å². The lowest BCUT2D eigenvalue weighted by Gasteiger charge is -2.14. The van der Waals surface area contributed by atoms with Crippen LogP contribution in [0.2, 0.25) is 0 Å². The molecule has 0 saturated heterocycles. The van der Waals surface area contributed by atoms with Gasteiger partial charge in [-0.05, 0) is 83.9 Å². The van der Waals surface area contributed by atoms with E-state index in [0.29, 0.717) is 23.2 Å². The molecule has 0 aliphatic heterocycles. The van der Waals surface area contributed by atoms with Crippen LogP contribution in [0.3, 0.4) is 0 Å². The lowest BCUT2D eigenvalue weighted by Crippen LogP contribution is -2.00. The molecule has 0 bridgehead atoms. The minimum atomic E-state index is 0.489. The first-order chi connectivity index (χ1) is 28.2. The normalized spacial score (nSPS) is 11.5. The van der Waals surface area contributed by atoms with Gasteiger partial charge in [0.1, 0.15) is 5.58 Å². The Hall–Kier alpha value is -7.69. The summed E-state index contributed by atoms with van der Waals surface area (Å²) in [5, 5.41) is 8.55. The first-order valence-corrected chi connectivity index (χ1v) is 19.2. The molecular weight excluding hydrogens is 695 g/mol. The minimum absolute atomic E-state index is 0.489. The molecule has 4 nitrogen and oxygen atoms in total. The molecule has 0 unspecified atom stereocenters. The fourth-order valence-electron chi connectivity index (χ4n) is 8.15. The predicted molar refractivity (Wildman–Crippen MR) is 235 cm³/mol. The second-order valence-electron chi connectivity index (χ2n) is 14.4. The number of para-hydroxylation sites is 1. The van der Waals surface area contributed by atoms with Crippen molar-refractivity contribution in [2.75, 3.05) is 0 Å². The maximum atomic E-state index is 6.28. The number of furan rings is 1. The van der Waals surface area contributed by atoms with Crippen LogP contribution in [0.15, 0.2) is 205 Å². The molecule has 0 aliphatic rings. The molecule has 0 radical (unpaired) electrons. The van der Waals surface area contributed by atoms with Gasteiger partial charge in [-0.1, -0.05) is 182 Å². The van der Waals surface area contributed by atoms with Gasteiger partial charge in [-0.3, -0.25) is 0 Å². The Morgan fingerprint density at radius 2 is 0.877 bits per heavy atom. The fourth-order valence-corrected chi connectivity index (χ4v) is 8.15. The van der Waals surface area contributed by atoms with Gasteiger partial charge in [0.25, 0.3) is 0 Å². The van der Waals surface area contributed by atoms with Gasteiger partial charge in [-0.2, -0.15) is 0 Å². The van der Waals surface area contributed by atoms with Crippen molar-refractivity contribution in [3.8, 4) is 67.7 Å². The molecule has 0 saturated carbocycles. The van der Waals surface area contributed by atoms with E-state index < -0.39 is 0 Å². The molecule has 0 aliphatic carbocycles. The van der Waals surface area contributed by atoms with Crippen molar-refractivity contribution in [1.82, 2.24) is 15.0 Å². The highest BCUT2D eigenvalue weighted by molar-refractivity contribution is 6.20. The Labute approximate surface area is 329 Å². The zero-order valence-corrected chi connectivity index (χ0v) is 30.8. The van der Waals surface area contributed by atoms with E-state index in [1.807, 2.05) is 60.7 Å². The average molecular weight is 728 g/mol. The molecule has 0 fully saturated rings. The number of hydrogen-bond acceptors (Lipinski definition) is 4. The SMILES string of the molecule is c1ccc(-c2ccccc2-c2nc(-c3ccc(-c4ccc(-c5c6ccccc6cc6c5ccc5ccccc56)cc4)cc3)nc(-c3cc4ccccc4o3)n2)cc1. The Bertz CT molecular complexity index is 3240. The van der Waals surface area contributed by atoms with Crippen molar-refractivity contribution in [2.24, 2.45) is 0 Å². The summed E-state index contributed by atoms with van der Waals surface area (Å²) < 4.78 is 6.28. The smallest absolute Gasteiger partial charge is 0.199 e. The van der Waals surface area contributed by atoms with E-state index in [9.17, 15) is 0 Å². The van der Waals surface area contributed by atoms with Crippen LogP contribution in [0.1, 0.15) is 0 Å². The summed E-state index contributed by atoms with van der Waals surface area (Å²) in [5.41, 5.74) is 9.45. The van der Waals surface area contributed by atoms with Crippen LogP contribution in [-0.2, 0) is 0 Å². The van der Waals surface area contributed by atoms with E-state index in [1.54, 1.807) is 0 Å². The van der Waals surface area contributed by atoms with Crippen LogP contribution < -0.4 is 0 Å². The summed E-state index contributed by atoms with van der Waals surface area (Å²) >= 11 is 0. The molecule has 0 spiro atoms. The topological polar surface area (TPSA) is 51.8 Å². The number of fused-ring (bicyclic) bond motifs is 5. The van der Waals surface area contributed by atoms with Crippen LogP contribution in [0, 0.1) is 0 Å². The highest BCUT2D eigenvalue weighted by atomic mass is 16.3. The summed E-state index contributed by atoms with van der Waals surface area (Å²) in [4.78, 5) is 15.1. The first-order valence-electron chi connectivity index (χ1n) is 19.2. The second kappa shape index (κ2) is 13.6. The van der Waals surface area contributed by atoms with Gasteiger partial charge in [0, 0.05) is 16.5 Å². The van der Waals surface area contributed by atoms with Crippen LogP contribution in [-0.4, -0.2) is 15.0 Å². The molecule has 11 aromatic rings. The Morgan fingerprint density at radius 1 is 0.298 bits per heavy atom. The molecule has 2 heterocycles. The second-order valence-corrected chi connectivity index (χ2v) is 14.4. The molecule has 0 atom stereocenters. The third-order valence-corrected chi connectivity index (χ3v) is 11.0. The number of hydrogen-bond donors (Lipinski definition) is 0. The maximum Gasteiger partial charge on any atom is 0.199 e. The number of rotatable bonds is 6. The van der Waals surface area contributed by atoms with Gasteiger partial charge < -0.3 is 4.42 Å². The van der Waals surface area contributed by atoms with Crippen LogP contribution in [0.4, 0.5) is 0 Å². The molecule has 0 amide bonds. The van der Waals surface area contributed by atoms with Gasteiger partial charge in [0.15, 0.2) is 23.2 Å². The number of aromatic nitrogens is 3. The summed E-state index contributed by atoms with van der Waals surface area (Å²) in [7, 11) is 0. The van der Waals surface area contributed by atoms with Crippen molar-refractivity contribution in [3.63, 3.8) is 0 Å². The molecule has 57 heavy (non-hydrogen) atoms. The molecule has 0 N–H and O–H groups in total. The van der Waals surface area contributed by atoms with E-state index in [2.05, 4.69) is 140 Å². The van der Waals surface area contributed by atoms with Gasteiger partial charge in [0.05, 0.1) is 0 Å². The standard InChI is InChI=1S/C53H33N3O/c1-2-12-36(13-3-1)42-17-9-10-20-46(42)52-54-51(55-53(56-52)49-33-41-16-6-11-21-48(41)57-49)39-28-24-35(25-29-39)34-22-26-38(27-23-34)50-44-19-8-5-15-40(44)32-47-43-18-7-4-14-37(43)30-31-45(47)50/h1-33H. The largest absolute Gasteiger partial charge is 0.453 e. The van der Waals surface area contributed by atoms with Crippen molar-refractivity contribution >= 4 is 43.3 Å². The van der Waals surface area contributed by atoms with Crippen molar-refractivity contribution in [3.05, 3.63) is 200 Å². The maximum absolute atomic E-state index is 6.28. The number of nitrogens with zero attached hydrogens (tertiary/aromatic N) is 3. The van der Waals surface area contributed by atoms with Gasteiger partial charge in [0.2, 0.25) is 0 Å². The summed E-state index contributed by atoms with van der Waals surface area (Å²) in [6, 6.07) is 70.2. The Kier molecular flexibility index (Phi) is 7.78. The highest BCUT2D eigenvalue weighted by Gasteiger charge is 2.18. The van der Waals surface area contributed by atoms with E-state index in [4.69, 9.17) is 19.4 Å². The van der Waals surface area contributed by atoms with Crippen LogP contribution in [0.5, 0.6) is 0 Å². The van der Waals surface area contributed by atoms with Crippen molar-refractivity contribution in [1.29, 1.82) is 0 Å². The lowest BCUT2D eigenvalue weighted by atomic mass is 9.89. The summed E-state index contributed by atoms with van der Waals surface area (Å²) in [6.07, 6.45) is 0. The quantitative estimate of drug-likeness (QED) is 0.126. The monoisotopic (exact) mass is 727 g/mol. The molecular formula is C53H33N3O. The molecule has 11 rings (SSSR count). The van der Waals surface area contributed by atoms with Crippen LogP contribution in [0.25, 0.3) is 111 Å². The number of benzene rings is 9. The molecule has 2 aromatic heterocycles. The summed E-state index contributed by atoms with van der Waals surface area (Å²) in [5.74, 6) is 2.25. The zero-order valence-electron chi connectivity index (χ0n) is 30.8. The Balaban J connectivity index is 0.985. The van der Waals surface area contributed by atoms with E-state index >= 15 is 0 Å². The van der Waals surface area contributed by atoms with Crippen LogP contribution >= 0.6 is 0 Å². The predicted octanol–water partition coefficient (Wildman–Crippen LogP) is 14.1. The Morgan fingerprint density at radius 3 is 1.65 bits per heavy atom. The zero-order chi connectivity index (χ0) is 37.7. The molecule has 4 heteroatoms. The van der Waals surface area contributed by atoms with Crippen molar-refractivity contribution < 1.29 is 4.42 Å². The van der Waals surface area contributed by atoms with Gasteiger partial charge >= 0.3 is 0 Å².